The predicted octanol–water partition coefficient (Wildman–Crippen LogP) is 7.28. The van der Waals surface area contributed by atoms with Crippen molar-refractivity contribution in [3.63, 3.8) is 0 Å². The number of anilines is 1. The maximum atomic E-state index is 14.1. The SMILES string of the molecule is COc1ccc(CNc2nc3cc(F)c(Br)cc3cc2CO[Si](C)(C)C(C)(C)C)cc1. The maximum absolute atomic E-state index is 14.1. The van der Waals surface area contributed by atoms with Crippen molar-refractivity contribution in [2.75, 3.05) is 12.4 Å². The first-order valence-corrected chi connectivity index (χ1v) is 14.0. The van der Waals surface area contributed by atoms with E-state index in [9.17, 15) is 4.39 Å². The van der Waals surface area contributed by atoms with E-state index < -0.39 is 8.32 Å². The maximum Gasteiger partial charge on any atom is 0.192 e. The summed E-state index contributed by atoms with van der Waals surface area (Å²) in [6, 6.07) is 13.1. The van der Waals surface area contributed by atoms with Gasteiger partial charge in [0.1, 0.15) is 17.4 Å². The molecule has 1 aromatic heterocycles. The number of pyridine rings is 1. The van der Waals surface area contributed by atoms with Gasteiger partial charge in [0.25, 0.3) is 0 Å². The number of hydrogen-bond donors (Lipinski definition) is 1. The van der Waals surface area contributed by atoms with Crippen LogP contribution in [0.2, 0.25) is 18.1 Å². The number of hydrogen-bond acceptors (Lipinski definition) is 4. The molecule has 0 bridgehead atoms. The topological polar surface area (TPSA) is 43.4 Å². The van der Waals surface area contributed by atoms with E-state index in [1.54, 1.807) is 13.2 Å². The van der Waals surface area contributed by atoms with Crippen LogP contribution in [0.1, 0.15) is 31.9 Å². The molecule has 0 aliphatic heterocycles. The Kier molecular flexibility index (Phi) is 7.08. The summed E-state index contributed by atoms with van der Waals surface area (Å²) in [5.74, 6) is 1.20. The minimum atomic E-state index is -1.93. The predicted molar refractivity (Wildman–Crippen MR) is 132 cm³/mol. The highest BCUT2D eigenvalue weighted by atomic mass is 79.9. The number of methoxy groups -OCH3 is 1. The Balaban J connectivity index is 1.91. The van der Waals surface area contributed by atoms with Crippen LogP contribution in [-0.4, -0.2) is 20.4 Å². The van der Waals surface area contributed by atoms with Crippen LogP contribution in [0, 0.1) is 5.82 Å². The van der Waals surface area contributed by atoms with Crippen LogP contribution in [0.4, 0.5) is 10.2 Å². The highest BCUT2D eigenvalue weighted by molar-refractivity contribution is 9.10. The average molecular weight is 506 g/mol. The average Bonchev–Trinajstić information content (AvgIpc) is 2.71. The summed E-state index contributed by atoms with van der Waals surface area (Å²) in [5.41, 5.74) is 2.67. The van der Waals surface area contributed by atoms with Crippen molar-refractivity contribution in [3.8, 4) is 5.75 Å². The zero-order chi connectivity index (χ0) is 22.8. The Labute approximate surface area is 193 Å². The molecular formula is C24H30BrFN2O2Si. The number of rotatable bonds is 7. The van der Waals surface area contributed by atoms with Gasteiger partial charge < -0.3 is 14.5 Å². The van der Waals surface area contributed by atoms with Crippen molar-refractivity contribution in [3.05, 3.63) is 63.9 Å². The number of benzene rings is 2. The fourth-order valence-corrected chi connectivity index (χ4v) is 4.19. The highest BCUT2D eigenvalue weighted by Crippen LogP contribution is 2.37. The van der Waals surface area contributed by atoms with Crippen LogP contribution < -0.4 is 10.1 Å². The van der Waals surface area contributed by atoms with E-state index in [1.165, 1.54) is 6.07 Å². The fraction of sp³-hybridized carbons (Fsp3) is 0.375. The van der Waals surface area contributed by atoms with Crippen LogP contribution in [0.25, 0.3) is 10.9 Å². The van der Waals surface area contributed by atoms with E-state index in [1.807, 2.05) is 30.3 Å². The van der Waals surface area contributed by atoms with Crippen LogP contribution in [-0.2, 0) is 17.6 Å². The van der Waals surface area contributed by atoms with Crippen molar-refractivity contribution in [1.29, 1.82) is 0 Å². The van der Waals surface area contributed by atoms with Gasteiger partial charge in [0.15, 0.2) is 8.32 Å². The molecule has 4 nitrogen and oxygen atoms in total. The lowest BCUT2D eigenvalue weighted by Gasteiger charge is -2.36. The zero-order valence-electron chi connectivity index (χ0n) is 19.0. The molecule has 0 saturated heterocycles. The summed E-state index contributed by atoms with van der Waals surface area (Å²) in [5, 5.41) is 4.40. The van der Waals surface area contributed by atoms with Gasteiger partial charge in [-0.2, -0.15) is 0 Å². The lowest BCUT2D eigenvalue weighted by atomic mass is 10.1. The lowest BCUT2D eigenvalue weighted by Crippen LogP contribution is -2.40. The van der Waals surface area contributed by atoms with Gasteiger partial charge in [0.2, 0.25) is 0 Å². The monoisotopic (exact) mass is 504 g/mol. The molecule has 0 aliphatic carbocycles. The summed E-state index contributed by atoms with van der Waals surface area (Å²) in [6.45, 7) is 12.2. The number of halogens is 2. The molecule has 166 valence electrons. The third-order valence-corrected chi connectivity index (χ3v) is 11.0. The van der Waals surface area contributed by atoms with Gasteiger partial charge in [0, 0.05) is 23.6 Å². The Morgan fingerprint density at radius 3 is 2.39 bits per heavy atom. The summed E-state index contributed by atoms with van der Waals surface area (Å²) in [7, 11) is -0.283. The summed E-state index contributed by atoms with van der Waals surface area (Å²) < 4.78 is 26.2. The van der Waals surface area contributed by atoms with E-state index in [0.717, 1.165) is 22.3 Å². The molecular weight excluding hydrogens is 475 g/mol. The fourth-order valence-electron chi connectivity index (χ4n) is 2.88. The number of aromatic nitrogens is 1. The second-order valence-corrected chi connectivity index (χ2v) is 14.9. The van der Waals surface area contributed by atoms with E-state index >= 15 is 0 Å². The van der Waals surface area contributed by atoms with Gasteiger partial charge >= 0.3 is 0 Å². The Bertz CT molecular complexity index is 1070. The Morgan fingerprint density at radius 2 is 1.77 bits per heavy atom. The molecule has 0 aliphatic rings. The van der Waals surface area contributed by atoms with Crippen LogP contribution in [0.5, 0.6) is 5.75 Å². The number of fused-ring (bicyclic) bond motifs is 1. The molecule has 0 amide bonds. The number of nitrogens with one attached hydrogen (secondary N) is 1. The van der Waals surface area contributed by atoms with E-state index in [-0.39, 0.29) is 10.9 Å². The first-order chi connectivity index (χ1) is 14.5. The van der Waals surface area contributed by atoms with Crippen molar-refractivity contribution < 1.29 is 13.6 Å². The van der Waals surface area contributed by atoms with Crippen molar-refractivity contribution in [1.82, 2.24) is 4.98 Å². The minimum absolute atomic E-state index is 0.111. The van der Waals surface area contributed by atoms with E-state index in [4.69, 9.17) is 14.1 Å². The molecule has 0 unspecified atom stereocenters. The van der Waals surface area contributed by atoms with Crippen LogP contribution >= 0.6 is 15.9 Å². The van der Waals surface area contributed by atoms with Gasteiger partial charge in [-0.3, -0.25) is 0 Å². The molecule has 3 aromatic rings. The second kappa shape index (κ2) is 9.26. The molecule has 1 N–H and O–H groups in total. The van der Waals surface area contributed by atoms with Gasteiger partial charge in [-0.15, -0.1) is 0 Å². The first-order valence-electron chi connectivity index (χ1n) is 10.3. The smallest absolute Gasteiger partial charge is 0.192 e. The van der Waals surface area contributed by atoms with E-state index in [0.29, 0.717) is 29.0 Å². The molecule has 0 saturated carbocycles. The second-order valence-electron chi connectivity index (χ2n) is 9.21. The Hall–Kier alpha value is -1.96. The largest absolute Gasteiger partial charge is 0.497 e. The molecule has 2 aromatic carbocycles. The quantitative estimate of drug-likeness (QED) is 0.343. The van der Waals surface area contributed by atoms with Gasteiger partial charge in [0.05, 0.1) is 23.7 Å². The summed E-state index contributed by atoms with van der Waals surface area (Å²) in [4.78, 5) is 4.73. The highest BCUT2D eigenvalue weighted by Gasteiger charge is 2.37. The van der Waals surface area contributed by atoms with Crippen LogP contribution in [0.3, 0.4) is 0 Å². The lowest BCUT2D eigenvalue weighted by molar-refractivity contribution is 0.276. The third kappa shape index (κ3) is 5.64. The summed E-state index contributed by atoms with van der Waals surface area (Å²) >= 11 is 3.28. The molecule has 0 atom stereocenters. The van der Waals surface area contributed by atoms with Gasteiger partial charge in [-0.25, -0.2) is 9.37 Å². The summed E-state index contributed by atoms with van der Waals surface area (Å²) in [6.07, 6.45) is 0. The van der Waals surface area contributed by atoms with Crippen molar-refractivity contribution in [2.24, 2.45) is 0 Å². The molecule has 0 spiro atoms. The van der Waals surface area contributed by atoms with Gasteiger partial charge in [-0.05, 0) is 63.9 Å². The molecule has 0 radical (unpaired) electrons. The molecule has 1 heterocycles. The van der Waals surface area contributed by atoms with Gasteiger partial charge in [-0.1, -0.05) is 32.9 Å². The number of nitrogens with zero attached hydrogens (tertiary/aromatic N) is 1. The van der Waals surface area contributed by atoms with Crippen molar-refractivity contribution >= 4 is 41.0 Å². The molecule has 0 fully saturated rings. The molecule has 3 rings (SSSR count). The normalized spacial score (nSPS) is 12.3. The number of ether oxygens (including phenoxy) is 1. The first kappa shape index (κ1) is 23.7. The third-order valence-electron chi connectivity index (χ3n) is 5.95. The standard InChI is InChI=1S/C24H30BrFN2O2Si/c1-24(2,3)31(5,6)30-15-18-11-17-12-20(25)21(26)13-22(17)28-23(18)27-14-16-7-9-19(29-4)10-8-16/h7-13H,14-15H2,1-6H3,(H,27,28). The van der Waals surface area contributed by atoms with Crippen LogP contribution in [0.15, 0.2) is 46.9 Å². The Morgan fingerprint density at radius 1 is 1.10 bits per heavy atom. The van der Waals surface area contributed by atoms with E-state index in [2.05, 4.69) is 55.1 Å². The van der Waals surface area contributed by atoms with Crippen molar-refractivity contribution in [2.45, 2.75) is 52.1 Å². The minimum Gasteiger partial charge on any atom is -0.497 e. The molecule has 31 heavy (non-hydrogen) atoms. The molecule has 7 heteroatoms. The zero-order valence-corrected chi connectivity index (χ0v) is 21.6.